The fraction of sp³-hybridized carbons (Fsp3) is 0.318. The van der Waals surface area contributed by atoms with Gasteiger partial charge in [0.05, 0.1) is 17.2 Å². The zero-order valence-electron chi connectivity index (χ0n) is 15.1. The molecule has 138 valence electrons. The van der Waals surface area contributed by atoms with Crippen molar-refractivity contribution in [3.05, 3.63) is 71.3 Å². The summed E-state index contributed by atoms with van der Waals surface area (Å²) in [6.45, 7) is 1.05. The molecule has 4 rings (SSSR count). The van der Waals surface area contributed by atoms with Crippen LogP contribution in [0.4, 0.5) is 0 Å². The molecule has 2 aromatic rings. The first kappa shape index (κ1) is 17.5. The second-order valence-electron chi connectivity index (χ2n) is 7.07. The van der Waals surface area contributed by atoms with Crippen LogP contribution in [-0.4, -0.2) is 40.6 Å². The Morgan fingerprint density at radius 3 is 2.22 bits per heavy atom. The van der Waals surface area contributed by atoms with Gasteiger partial charge in [0.2, 0.25) is 5.91 Å². The molecular weight excluding hydrogens is 340 g/mol. The number of imide groups is 1. The van der Waals surface area contributed by atoms with Gasteiger partial charge >= 0.3 is 0 Å². The molecule has 1 fully saturated rings. The molecule has 5 nitrogen and oxygen atoms in total. The molecule has 3 amide bonds. The molecule has 1 unspecified atom stereocenters. The van der Waals surface area contributed by atoms with E-state index in [2.05, 4.69) is 12.1 Å². The largest absolute Gasteiger partial charge is 0.336 e. The van der Waals surface area contributed by atoms with Crippen LogP contribution in [-0.2, 0) is 4.79 Å². The van der Waals surface area contributed by atoms with Gasteiger partial charge in [0, 0.05) is 19.5 Å². The minimum atomic E-state index is -0.258. The summed E-state index contributed by atoms with van der Waals surface area (Å²) in [4.78, 5) is 40.7. The van der Waals surface area contributed by atoms with E-state index in [1.807, 2.05) is 23.1 Å². The predicted molar refractivity (Wildman–Crippen MR) is 101 cm³/mol. The Morgan fingerprint density at radius 2 is 1.56 bits per heavy atom. The quantitative estimate of drug-likeness (QED) is 0.766. The lowest BCUT2D eigenvalue weighted by atomic mass is 10.0. The summed E-state index contributed by atoms with van der Waals surface area (Å²) in [6, 6.07) is 17.1. The Labute approximate surface area is 158 Å². The maximum absolute atomic E-state index is 12.7. The molecule has 1 saturated heterocycles. The Balaban J connectivity index is 1.35. The lowest BCUT2D eigenvalue weighted by Crippen LogP contribution is -2.33. The van der Waals surface area contributed by atoms with Gasteiger partial charge in [-0.05, 0) is 37.0 Å². The first-order chi connectivity index (χ1) is 13.2. The molecule has 0 bridgehead atoms. The van der Waals surface area contributed by atoms with E-state index in [1.54, 1.807) is 24.3 Å². The third kappa shape index (κ3) is 3.25. The van der Waals surface area contributed by atoms with Crippen LogP contribution in [0.25, 0.3) is 0 Å². The van der Waals surface area contributed by atoms with Crippen LogP contribution < -0.4 is 0 Å². The van der Waals surface area contributed by atoms with E-state index < -0.39 is 0 Å². The number of likely N-dealkylation sites (tertiary alicyclic amines) is 1. The number of fused-ring (bicyclic) bond motifs is 1. The summed E-state index contributed by atoms with van der Waals surface area (Å²) in [5.41, 5.74) is 2.08. The van der Waals surface area contributed by atoms with Crippen molar-refractivity contribution < 1.29 is 14.4 Å². The number of amides is 3. The van der Waals surface area contributed by atoms with Crippen molar-refractivity contribution in [1.29, 1.82) is 0 Å². The molecule has 0 N–H and O–H groups in total. The second kappa shape index (κ2) is 7.35. The fourth-order valence-corrected chi connectivity index (χ4v) is 4.06. The van der Waals surface area contributed by atoms with Crippen molar-refractivity contribution >= 4 is 17.7 Å². The predicted octanol–water partition coefficient (Wildman–Crippen LogP) is 3.43. The van der Waals surface area contributed by atoms with E-state index >= 15 is 0 Å². The molecule has 0 radical (unpaired) electrons. The summed E-state index contributed by atoms with van der Waals surface area (Å²) < 4.78 is 0. The molecule has 2 aliphatic rings. The molecule has 5 heteroatoms. The van der Waals surface area contributed by atoms with Crippen LogP contribution in [0.1, 0.15) is 58.0 Å². The van der Waals surface area contributed by atoms with Crippen molar-refractivity contribution in [2.45, 2.75) is 31.7 Å². The standard InChI is InChI=1S/C22H22N2O3/c25-20(23-14-6-12-19(23)16-8-2-1-3-9-16)13-7-15-24-21(26)17-10-4-5-11-18(17)22(24)27/h1-5,8-11,19H,6-7,12-15H2. The van der Waals surface area contributed by atoms with Gasteiger partial charge < -0.3 is 4.90 Å². The van der Waals surface area contributed by atoms with E-state index in [1.165, 1.54) is 10.5 Å². The van der Waals surface area contributed by atoms with E-state index in [4.69, 9.17) is 0 Å². The molecule has 2 aliphatic heterocycles. The maximum Gasteiger partial charge on any atom is 0.261 e. The van der Waals surface area contributed by atoms with Crippen molar-refractivity contribution in [3.63, 3.8) is 0 Å². The number of hydrogen-bond acceptors (Lipinski definition) is 3. The third-order valence-electron chi connectivity index (χ3n) is 5.41. The van der Waals surface area contributed by atoms with Gasteiger partial charge in [-0.1, -0.05) is 42.5 Å². The van der Waals surface area contributed by atoms with Gasteiger partial charge in [0.25, 0.3) is 11.8 Å². The molecule has 2 aromatic carbocycles. The second-order valence-corrected chi connectivity index (χ2v) is 7.07. The van der Waals surface area contributed by atoms with Crippen molar-refractivity contribution in [3.8, 4) is 0 Å². The number of hydrogen-bond donors (Lipinski definition) is 0. The summed E-state index contributed by atoms with van der Waals surface area (Å²) in [5, 5.41) is 0. The van der Waals surface area contributed by atoms with Gasteiger partial charge in [-0.2, -0.15) is 0 Å². The minimum absolute atomic E-state index is 0.0953. The lowest BCUT2D eigenvalue weighted by Gasteiger charge is -2.25. The van der Waals surface area contributed by atoms with Crippen molar-refractivity contribution in [1.82, 2.24) is 9.80 Å². The molecule has 27 heavy (non-hydrogen) atoms. The first-order valence-electron chi connectivity index (χ1n) is 9.46. The SMILES string of the molecule is O=C1c2ccccc2C(=O)N1CCCC(=O)N1CCCC1c1ccccc1. The van der Waals surface area contributed by atoms with Crippen LogP contribution in [0.2, 0.25) is 0 Å². The molecule has 0 saturated carbocycles. The smallest absolute Gasteiger partial charge is 0.261 e. The number of nitrogens with zero attached hydrogens (tertiary/aromatic N) is 2. The highest BCUT2D eigenvalue weighted by Crippen LogP contribution is 2.32. The highest BCUT2D eigenvalue weighted by atomic mass is 16.2. The first-order valence-corrected chi connectivity index (χ1v) is 9.46. The molecule has 0 aromatic heterocycles. The number of carbonyl (C=O) groups excluding carboxylic acids is 3. The van der Waals surface area contributed by atoms with E-state index in [0.29, 0.717) is 24.0 Å². The van der Waals surface area contributed by atoms with Crippen LogP contribution in [0.5, 0.6) is 0 Å². The number of carbonyl (C=O) groups is 3. The minimum Gasteiger partial charge on any atom is -0.336 e. The zero-order chi connectivity index (χ0) is 18.8. The zero-order valence-corrected chi connectivity index (χ0v) is 15.1. The van der Waals surface area contributed by atoms with E-state index in [-0.39, 0.29) is 30.3 Å². The summed E-state index contributed by atoms with van der Waals surface area (Å²) in [6.07, 6.45) is 2.82. The Hall–Kier alpha value is -2.95. The molecular formula is C22H22N2O3. The van der Waals surface area contributed by atoms with Crippen molar-refractivity contribution in [2.24, 2.45) is 0 Å². The normalized spacial score (nSPS) is 18.9. The van der Waals surface area contributed by atoms with Gasteiger partial charge in [-0.3, -0.25) is 19.3 Å². The molecule has 0 aliphatic carbocycles. The van der Waals surface area contributed by atoms with Gasteiger partial charge in [0.15, 0.2) is 0 Å². The van der Waals surface area contributed by atoms with Gasteiger partial charge in [-0.25, -0.2) is 0 Å². The van der Waals surface area contributed by atoms with Crippen LogP contribution in [0.15, 0.2) is 54.6 Å². The van der Waals surface area contributed by atoms with Crippen molar-refractivity contribution in [2.75, 3.05) is 13.1 Å². The average molecular weight is 362 g/mol. The Bertz CT molecular complexity index is 843. The highest BCUT2D eigenvalue weighted by Gasteiger charge is 2.35. The maximum atomic E-state index is 12.7. The van der Waals surface area contributed by atoms with Crippen LogP contribution in [0.3, 0.4) is 0 Å². The number of benzene rings is 2. The average Bonchev–Trinajstić information content (AvgIpc) is 3.28. The monoisotopic (exact) mass is 362 g/mol. The van der Waals surface area contributed by atoms with Crippen LogP contribution >= 0.6 is 0 Å². The van der Waals surface area contributed by atoms with E-state index in [0.717, 1.165) is 19.4 Å². The topological polar surface area (TPSA) is 57.7 Å². The molecule has 2 heterocycles. The summed E-state index contributed by atoms with van der Waals surface area (Å²) in [5.74, 6) is -0.421. The lowest BCUT2D eigenvalue weighted by molar-refractivity contribution is -0.132. The van der Waals surface area contributed by atoms with E-state index in [9.17, 15) is 14.4 Å². The van der Waals surface area contributed by atoms with Gasteiger partial charge in [-0.15, -0.1) is 0 Å². The molecule has 0 spiro atoms. The summed E-state index contributed by atoms with van der Waals surface area (Å²) >= 11 is 0. The Morgan fingerprint density at radius 1 is 0.926 bits per heavy atom. The molecule has 1 atom stereocenters. The number of rotatable bonds is 5. The van der Waals surface area contributed by atoms with Crippen LogP contribution in [0, 0.1) is 0 Å². The third-order valence-corrected chi connectivity index (χ3v) is 5.41. The fourth-order valence-electron chi connectivity index (χ4n) is 4.06. The Kier molecular flexibility index (Phi) is 4.75. The van der Waals surface area contributed by atoms with Gasteiger partial charge in [0.1, 0.15) is 0 Å². The summed E-state index contributed by atoms with van der Waals surface area (Å²) in [7, 11) is 0. The highest BCUT2D eigenvalue weighted by molar-refractivity contribution is 6.21.